The van der Waals surface area contributed by atoms with Crippen molar-refractivity contribution in [3.63, 3.8) is 0 Å². The maximum Gasteiger partial charge on any atom is 0.255 e. The van der Waals surface area contributed by atoms with Crippen LogP contribution in [-0.4, -0.2) is 10.5 Å². The fraction of sp³-hybridized carbons (Fsp3) is 0. The number of nitrogens with one attached hydrogen (secondary N) is 1. The van der Waals surface area contributed by atoms with E-state index in [4.69, 9.17) is 11.6 Å². The summed E-state index contributed by atoms with van der Waals surface area (Å²) in [6, 6.07) is 18.5. The molecule has 1 aromatic heterocycles. The smallest absolute Gasteiger partial charge is 0.255 e. The molecule has 2 aromatic carbocycles. The molecule has 0 atom stereocenters. The molecule has 1 amide bonds. The zero-order valence-corrected chi connectivity index (χ0v) is 11.9. The van der Waals surface area contributed by atoms with Crippen molar-refractivity contribution in [3.05, 3.63) is 83.6 Å². The second-order valence-corrected chi connectivity index (χ2v) is 4.98. The van der Waals surface area contributed by atoms with Crippen molar-refractivity contribution in [2.45, 2.75) is 0 Å². The van der Waals surface area contributed by atoms with Crippen LogP contribution in [0.4, 0.5) is 5.69 Å². The second-order valence-electron chi connectivity index (χ2n) is 4.57. The Morgan fingerprint density at radius 1 is 0.905 bits per heavy atom. The summed E-state index contributed by atoms with van der Waals surface area (Å²) in [5.41, 5.74) is 2.21. The van der Waals surface area contributed by atoms with E-state index in [9.17, 15) is 4.79 Å². The number of aromatic nitrogens is 1. The second kappa shape index (κ2) is 5.85. The van der Waals surface area contributed by atoms with Crippen LogP contribution in [-0.2, 0) is 0 Å². The van der Waals surface area contributed by atoms with Gasteiger partial charge in [0.05, 0.1) is 10.7 Å². The molecular formula is C17H13ClN2O. The highest BCUT2D eigenvalue weighted by Crippen LogP contribution is 2.21. The molecule has 3 rings (SSSR count). The van der Waals surface area contributed by atoms with E-state index in [1.807, 2.05) is 53.4 Å². The Hall–Kier alpha value is -2.52. The van der Waals surface area contributed by atoms with Crippen molar-refractivity contribution in [1.29, 1.82) is 0 Å². The van der Waals surface area contributed by atoms with E-state index in [1.54, 1.807) is 24.3 Å². The van der Waals surface area contributed by atoms with E-state index in [1.165, 1.54) is 0 Å². The molecule has 0 radical (unpaired) electrons. The van der Waals surface area contributed by atoms with Crippen LogP contribution in [0, 0.1) is 0 Å². The lowest BCUT2D eigenvalue weighted by atomic mass is 10.2. The molecule has 1 heterocycles. The van der Waals surface area contributed by atoms with E-state index in [2.05, 4.69) is 5.32 Å². The van der Waals surface area contributed by atoms with Crippen molar-refractivity contribution >= 4 is 23.2 Å². The Balaban J connectivity index is 1.78. The summed E-state index contributed by atoms with van der Waals surface area (Å²) in [6.07, 6.45) is 3.91. The van der Waals surface area contributed by atoms with Gasteiger partial charge in [0.1, 0.15) is 0 Å². The van der Waals surface area contributed by atoms with Crippen LogP contribution in [0.15, 0.2) is 73.1 Å². The fourth-order valence-electron chi connectivity index (χ4n) is 2.05. The van der Waals surface area contributed by atoms with Crippen molar-refractivity contribution in [1.82, 2.24) is 4.57 Å². The molecule has 21 heavy (non-hydrogen) atoms. The molecule has 3 nitrogen and oxygen atoms in total. The number of hydrogen-bond acceptors (Lipinski definition) is 1. The summed E-state index contributed by atoms with van der Waals surface area (Å²) in [7, 11) is 0. The highest BCUT2D eigenvalue weighted by molar-refractivity contribution is 6.33. The number of hydrogen-bond donors (Lipinski definition) is 1. The maximum absolute atomic E-state index is 12.2. The first-order valence-electron chi connectivity index (χ1n) is 6.53. The number of carbonyl (C=O) groups excluding carboxylic acids is 1. The highest BCUT2D eigenvalue weighted by atomic mass is 35.5. The van der Waals surface area contributed by atoms with Crippen LogP contribution < -0.4 is 5.32 Å². The van der Waals surface area contributed by atoms with Gasteiger partial charge >= 0.3 is 0 Å². The van der Waals surface area contributed by atoms with Gasteiger partial charge < -0.3 is 9.88 Å². The molecule has 0 saturated heterocycles. The molecule has 0 fully saturated rings. The minimum atomic E-state index is -0.179. The van der Waals surface area contributed by atoms with Crippen LogP contribution in [0.2, 0.25) is 5.02 Å². The van der Waals surface area contributed by atoms with E-state index in [0.717, 1.165) is 5.69 Å². The number of benzene rings is 2. The molecular weight excluding hydrogens is 284 g/mol. The lowest BCUT2D eigenvalue weighted by molar-refractivity contribution is 0.102. The molecule has 0 unspecified atom stereocenters. The first-order chi connectivity index (χ1) is 10.2. The summed E-state index contributed by atoms with van der Waals surface area (Å²) in [5.74, 6) is -0.179. The van der Waals surface area contributed by atoms with Crippen molar-refractivity contribution in [2.24, 2.45) is 0 Å². The van der Waals surface area contributed by atoms with E-state index < -0.39 is 0 Å². The normalized spacial score (nSPS) is 10.3. The van der Waals surface area contributed by atoms with Crippen LogP contribution >= 0.6 is 11.6 Å². The van der Waals surface area contributed by atoms with Crippen LogP contribution in [0.25, 0.3) is 5.69 Å². The maximum atomic E-state index is 12.2. The zero-order valence-electron chi connectivity index (χ0n) is 11.2. The van der Waals surface area contributed by atoms with E-state index in [0.29, 0.717) is 16.3 Å². The van der Waals surface area contributed by atoms with Gasteiger partial charge in [0, 0.05) is 23.6 Å². The van der Waals surface area contributed by atoms with Crippen molar-refractivity contribution in [3.8, 4) is 5.69 Å². The summed E-state index contributed by atoms with van der Waals surface area (Å²) in [6.45, 7) is 0. The number of amides is 1. The summed E-state index contributed by atoms with van der Waals surface area (Å²) < 4.78 is 1.98. The quantitative estimate of drug-likeness (QED) is 0.764. The number of para-hydroxylation sites is 1. The van der Waals surface area contributed by atoms with Crippen LogP contribution in [0.3, 0.4) is 0 Å². The molecule has 0 bridgehead atoms. The van der Waals surface area contributed by atoms with Gasteiger partial charge in [-0.05, 0) is 48.5 Å². The summed E-state index contributed by atoms with van der Waals surface area (Å²) in [5, 5.41) is 3.33. The van der Waals surface area contributed by atoms with E-state index in [-0.39, 0.29) is 5.91 Å². The average molecular weight is 297 g/mol. The largest absolute Gasteiger partial charge is 0.324 e. The average Bonchev–Trinajstić information content (AvgIpc) is 3.04. The Morgan fingerprint density at radius 2 is 1.57 bits per heavy atom. The number of nitrogens with zero attached hydrogens (tertiary/aromatic N) is 1. The van der Waals surface area contributed by atoms with Crippen LogP contribution in [0.5, 0.6) is 0 Å². The van der Waals surface area contributed by atoms with Gasteiger partial charge in [0.25, 0.3) is 5.91 Å². The highest BCUT2D eigenvalue weighted by Gasteiger charge is 2.08. The van der Waals surface area contributed by atoms with Gasteiger partial charge in [-0.1, -0.05) is 23.7 Å². The predicted octanol–water partition coefficient (Wildman–Crippen LogP) is 4.38. The lowest BCUT2D eigenvalue weighted by Crippen LogP contribution is -2.12. The SMILES string of the molecule is O=C(Nc1ccccc1Cl)c1ccc(-n2cccc2)cc1. The zero-order chi connectivity index (χ0) is 14.7. The predicted molar refractivity (Wildman–Crippen MR) is 85.2 cm³/mol. The Kier molecular flexibility index (Phi) is 3.75. The molecule has 0 aliphatic heterocycles. The molecule has 3 aromatic rings. The summed E-state index contributed by atoms with van der Waals surface area (Å²) >= 11 is 6.03. The van der Waals surface area contributed by atoms with Crippen molar-refractivity contribution in [2.75, 3.05) is 5.32 Å². The van der Waals surface area contributed by atoms with Gasteiger partial charge in [-0.15, -0.1) is 0 Å². The standard InChI is InChI=1S/C17H13ClN2O/c18-15-5-1-2-6-16(15)19-17(21)13-7-9-14(10-8-13)20-11-3-4-12-20/h1-12H,(H,19,21). The molecule has 1 N–H and O–H groups in total. The van der Waals surface area contributed by atoms with Gasteiger partial charge in [-0.3, -0.25) is 4.79 Å². The fourth-order valence-corrected chi connectivity index (χ4v) is 2.23. The first-order valence-corrected chi connectivity index (χ1v) is 6.91. The molecule has 104 valence electrons. The minimum Gasteiger partial charge on any atom is -0.324 e. The van der Waals surface area contributed by atoms with Gasteiger partial charge in [-0.25, -0.2) is 0 Å². The number of halogens is 1. The van der Waals surface area contributed by atoms with Crippen LogP contribution in [0.1, 0.15) is 10.4 Å². The summed E-state index contributed by atoms with van der Waals surface area (Å²) in [4.78, 5) is 12.2. The van der Waals surface area contributed by atoms with Gasteiger partial charge in [0.2, 0.25) is 0 Å². The molecule has 0 aliphatic rings. The third-order valence-corrected chi connectivity index (χ3v) is 3.48. The van der Waals surface area contributed by atoms with E-state index >= 15 is 0 Å². The monoisotopic (exact) mass is 296 g/mol. The molecule has 0 saturated carbocycles. The van der Waals surface area contributed by atoms with Gasteiger partial charge in [-0.2, -0.15) is 0 Å². The molecule has 4 heteroatoms. The van der Waals surface area contributed by atoms with Gasteiger partial charge in [0.15, 0.2) is 0 Å². The third kappa shape index (κ3) is 2.98. The first kappa shape index (κ1) is 13.5. The Morgan fingerprint density at radius 3 is 2.24 bits per heavy atom. The Labute approximate surface area is 127 Å². The number of rotatable bonds is 3. The minimum absolute atomic E-state index is 0.179. The number of anilines is 1. The lowest BCUT2D eigenvalue weighted by Gasteiger charge is -2.08. The molecule has 0 aliphatic carbocycles. The third-order valence-electron chi connectivity index (χ3n) is 3.15. The number of carbonyl (C=O) groups is 1. The van der Waals surface area contributed by atoms with Crippen molar-refractivity contribution < 1.29 is 4.79 Å². The Bertz CT molecular complexity index is 749. The molecule has 0 spiro atoms. The topological polar surface area (TPSA) is 34.0 Å².